The molecular formula is C13H17FN2O. The van der Waals surface area contributed by atoms with Gasteiger partial charge in [0.05, 0.1) is 0 Å². The summed E-state index contributed by atoms with van der Waals surface area (Å²) < 4.78 is 12.8. The molecule has 3 nitrogen and oxygen atoms in total. The van der Waals surface area contributed by atoms with E-state index < -0.39 is 0 Å². The van der Waals surface area contributed by atoms with Gasteiger partial charge in [0.2, 0.25) is 5.91 Å². The lowest BCUT2D eigenvalue weighted by molar-refractivity contribution is -0.116. The van der Waals surface area contributed by atoms with Gasteiger partial charge >= 0.3 is 0 Å². The number of carbonyl (C=O) groups is 1. The summed E-state index contributed by atoms with van der Waals surface area (Å²) in [5.74, 6) is -0.476. The van der Waals surface area contributed by atoms with Crippen molar-refractivity contribution in [3.63, 3.8) is 0 Å². The van der Waals surface area contributed by atoms with Crippen molar-refractivity contribution >= 4 is 12.0 Å². The molecule has 0 spiro atoms. The summed E-state index contributed by atoms with van der Waals surface area (Å²) >= 11 is 0. The Labute approximate surface area is 101 Å². The minimum Gasteiger partial charge on any atom is -0.351 e. The number of halogens is 1. The van der Waals surface area contributed by atoms with Gasteiger partial charge in [-0.2, -0.15) is 0 Å². The highest BCUT2D eigenvalue weighted by molar-refractivity contribution is 5.91. The fraction of sp³-hybridized carbons (Fsp3) is 0.308. The SMILES string of the molecule is CN(C)CCNC(=O)/C=C/c1cccc(F)c1. The van der Waals surface area contributed by atoms with Crippen LogP contribution in [0, 0.1) is 5.82 Å². The lowest BCUT2D eigenvalue weighted by atomic mass is 10.2. The number of likely N-dealkylation sites (N-methyl/N-ethyl adjacent to an activating group) is 1. The second kappa shape index (κ2) is 6.81. The topological polar surface area (TPSA) is 32.3 Å². The van der Waals surface area contributed by atoms with Crippen LogP contribution in [0.2, 0.25) is 0 Å². The number of hydrogen-bond acceptors (Lipinski definition) is 2. The van der Waals surface area contributed by atoms with Crippen LogP contribution in [-0.2, 0) is 4.79 Å². The Kier molecular flexibility index (Phi) is 5.36. The average Bonchev–Trinajstić information content (AvgIpc) is 2.26. The predicted molar refractivity (Wildman–Crippen MR) is 67.0 cm³/mol. The van der Waals surface area contributed by atoms with Gasteiger partial charge in [-0.25, -0.2) is 4.39 Å². The molecule has 0 radical (unpaired) electrons. The molecule has 1 rings (SSSR count). The summed E-state index contributed by atoms with van der Waals surface area (Å²) in [6, 6.07) is 6.10. The van der Waals surface area contributed by atoms with Gasteiger partial charge in [0.1, 0.15) is 5.82 Å². The number of rotatable bonds is 5. The van der Waals surface area contributed by atoms with Crippen molar-refractivity contribution in [1.82, 2.24) is 10.2 Å². The second-order valence-corrected chi connectivity index (χ2v) is 3.98. The van der Waals surface area contributed by atoms with E-state index in [1.807, 2.05) is 19.0 Å². The van der Waals surface area contributed by atoms with Crippen LogP contribution in [0.4, 0.5) is 4.39 Å². The van der Waals surface area contributed by atoms with E-state index >= 15 is 0 Å². The molecule has 1 N–H and O–H groups in total. The number of amides is 1. The van der Waals surface area contributed by atoms with Gasteiger partial charge in [0.15, 0.2) is 0 Å². The lowest BCUT2D eigenvalue weighted by Crippen LogP contribution is -2.30. The molecular weight excluding hydrogens is 219 g/mol. The molecule has 17 heavy (non-hydrogen) atoms. The summed E-state index contributed by atoms with van der Waals surface area (Å²) in [5, 5.41) is 2.74. The Morgan fingerprint density at radius 3 is 2.88 bits per heavy atom. The highest BCUT2D eigenvalue weighted by atomic mass is 19.1. The van der Waals surface area contributed by atoms with E-state index in [0.29, 0.717) is 12.1 Å². The molecule has 0 fully saturated rings. The van der Waals surface area contributed by atoms with Gasteiger partial charge < -0.3 is 10.2 Å². The Morgan fingerprint density at radius 2 is 2.24 bits per heavy atom. The van der Waals surface area contributed by atoms with Gasteiger partial charge in [-0.1, -0.05) is 12.1 Å². The molecule has 0 atom stereocenters. The Morgan fingerprint density at radius 1 is 1.47 bits per heavy atom. The number of nitrogens with one attached hydrogen (secondary N) is 1. The average molecular weight is 236 g/mol. The van der Waals surface area contributed by atoms with E-state index in [9.17, 15) is 9.18 Å². The van der Waals surface area contributed by atoms with Crippen molar-refractivity contribution in [2.45, 2.75) is 0 Å². The minimum atomic E-state index is -0.305. The van der Waals surface area contributed by atoms with Gasteiger partial charge in [-0.3, -0.25) is 4.79 Å². The first-order chi connectivity index (χ1) is 8.08. The van der Waals surface area contributed by atoms with Gasteiger partial charge in [-0.15, -0.1) is 0 Å². The first-order valence-electron chi connectivity index (χ1n) is 5.44. The molecule has 1 amide bonds. The molecule has 0 bridgehead atoms. The predicted octanol–water partition coefficient (Wildman–Crippen LogP) is 1.52. The third-order valence-corrected chi connectivity index (χ3v) is 2.13. The summed E-state index contributed by atoms with van der Waals surface area (Å²) in [4.78, 5) is 13.4. The smallest absolute Gasteiger partial charge is 0.244 e. The van der Waals surface area contributed by atoms with Crippen LogP contribution in [0.3, 0.4) is 0 Å². The Bertz CT molecular complexity index is 402. The van der Waals surface area contributed by atoms with E-state index in [4.69, 9.17) is 0 Å². The first kappa shape index (κ1) is 13.4. The molecule has 0 aromatic heterocycles. The molecule has 4 heteroatoms. The van der Waals surface area contributed by atoms with Crippen LogP contribution >= 0.6 is 0 Å². The van der Waals surface area contributed by atoms with Crippen molar-refractivity contribution in [3.8, 4) is 0 Å². The van der Waals surface area contributed by atoms with Crippen LogP contribution in [0.1, 0.15) is 5.56 Å². The fourth-order valence-corrected chi connectivity index (χ4v) is 1.24. The molecule has 0 heterocycles. The molecule has 1 aromatic carbocycles. The zero-order valence-corrected chi connectivity index (χ0v) is 10.1. The number of carbonyl (C=O) groups excluding carboxylic acids is 1. The molecule has 0 aliphatic carbocycles. The van der Waals surface area contributed by atoms with Crippen LogP contribution in [0.15, 0.2) is 30.3 Å². The zero-order chi connectivity index (χ0) is 12.7. The molecule has 92 valence electrons. The number of benzene rings is 1. The maximum Gasteiger partial charge on any atom is 0.244 e. The molecule has 0 aliphatic heterocycles. The van der Waals surface area contributed by atoms with Crippen molar-refractivity contribution < 1.29 is 9.18 Å². The quantitative estimate of drug-likeness (QED) is 0.786. The summed E-state index contributed by atoms with van der Waals surface area (Å²) in [5.41, 5.74) is 0.674. The van der Waals surface area contributed by atoms with E-state index in [1.54, 1.807) is 18.2 Å². The summed E-state index contributed by atoms with van der Waals surface area (Å²) in [6.07, 6.45) is 3.00. The summed E-state index contributed by atoms with van der Waals surface area (Å²) in [6.45, 7) is 1.39. The molecule has 0 saturated heterocycles. The molecule has 0 aliphatic rings. The van der Waals surface area contributed by atoms with E-state index in [0.717, 1.165) is 6.54 Å². The van der Waals surface area contributed by atoms with E-state index in [-0.39, 0.29) is 11.7 Å². The Hall–Kier alpha value is -1.68. The standard InChI is InChI=1S/C13H17FN2O/c1-16(2)9-8-15-13(17)7-6-11-4-3-5-12(14)10-11/h3-7,10H,8-9H2,1-2H3,(H,15,17)/b7-6+. The Balaban J connectivity index is 2.40. The first-order valence-corrected chi connectivity index (χ1v) is 5.44. The highest BCUT2D eigenvalue weighted by Gasteiger charge is 1.96. The third kappa shape index (κ3) is 5.82. The van der Waals surface area contributed by atoms with Crippen LogP contribution in [-0.4, -0.2) is 38.0 Å². The van der Waals surface area contributed by atoms with Crippen LogP contribution < -0.4 is 5.32 Å². The monoisotopic (exact) mass is 236 g/mol. The summed E-state index contributed by atoms with van der Waals surface area (Å²) in [7, 11) is 3.88. The molecule has 0 saturated carbocycles. The molecule has 0 unspecified atom stereocenters. The largest absolute Gasteiger partial charge is 0.351 e. The highest BCUT2D eigenvalue weighted by Crippen LogP contribution is 2.04. The zero-order valence-electron chi connectivity index (χ0n) is 10.1. The minimum absolute atomic E-state index is 0.170. The maximum absolute atomic E-state index is 12.8. The van der Waals surface area contributed by atoms with Crippen molar-refractivity contribution in [2.24, 2.45) is 0 Å². The van der Waals surface area contributed by atoms with Gasteiger partial charge in [0.25, 0.3) is 0 Å². The third-order valence-electron chi connectivity index (χ3n) is 2.13. The van der Waals surface area contributed by atoms with Crippen LogP contribution in [0.5, 0.6) is 0 Å². The van der Waals surface area contributed by atoms with Gasteiger partial charge in [0, 0.05) is 19.2 Å². The van der Waals surface area contributed by atoms with Gasteiger partial charge in [-0.05, 0) is 37.9 Å². The van der Waals surface area contributed by atoms with Crippen molar-refractivity contribution in [3.05, 3.63) is 41.7 Å². The molecule has 1 aromatic rings. The van der Waals surface area contributed by atoms with Crippen LogP contribution in [0.25, 0.3) is 6.08 Å². The lowest BCUT2D eigenvalue weighted by Gasteiger charge is -2.08. The fourth-order valence-electron chi connectivity index (χ4n) is 1.24. The normalized spacial score (nSPS) is 11.1. The number of hydrogen-bond donors (Lipinski definition) is 1. The van der Waals surface area contributed by atoms with Crippen molar-refractivity contribution in [2.75, 3.05) is 27.2 Å². The number of nitrogens with zero attached hydrogens (tertiary/aromatic N) is 1. The van der Waals surface area contributed by atoms with E-state index in [1.165, 1.54) is 18.2 Å². The van der Waals surface area contributed by atoms with E-state index in [2.05, 4.69) is 5.32 Å². The maximum atomic E-state index is 12.8. The van der Waals surface area contributed by atoms with Crippen molar-refractivity contribution in [1.29, 1.82) is 0 Å². The second-order valence-electron chi connectivity index (χ2n) is 3.98.